The number of carbonyl (C=O) groups is 2. The lowest BCUT2D eigenvalue weighted by Crippen LogP contribution is -2.38. The highest BCUT2D eigenvalue weighted by Gasteiger charge is 2.19. The van der Waals surface area contributed by atoms with Gasteiger partial charge in [-0.2, -0.15) is 0 Å². The Morgan fingerprint density at radius 1 is 1.29 bits per heavy atom. The average molecular weight is 295 g/mol. The third-order valence-electron chi connectivity index (χ3n) is 3.32. The van der Waals surface area contributed by atoms with Gasteiger partial charge in [-0.15, -0.1) is 0 Å². The number of hydrogen-bond acceptors (Lipinski definition) is 2. The molecule has 116 valence electrons. The Morgan fingerprint density at radius 3 is 2.43 bits per heavy atom. The minimum atomic E-state index is -0.911. The second-order valence-corrected chi connectivity index (χ2v) is 5.21. The maximum Gasteiger partial charge on any atom is 0.308 e. The van der Waals surface area contributed by atoms with Gasteiger partial charge in [-0.3, -0.25) is 9.59 Å². The Bertz CT molecular complexity index is 473. The van der Waals surface area contributed by atoms with Gasteiger partial charge in [0.2, 0.25) is 5.91 Å². The van der Waals surface area contributed by atoms with Gasteiger partial charge < -0.3 is 10.0 Å². The van der Waals surface area contributed by atoms with Gasteiger partial charge in [0.1, 0.15) is 5.82 Å². The minimum Gasteiger partial charge on any atom is -0.481 e. The molecule has 0 heterocycles. The predicted molar refractivity (Wildman–Crippen MR) is 78.4 cm³/mol. The number of benzene rings is 1. The fourth-order valence-corrected chi connectivity index (χ4v) is 2.01. The molecule has 0 aliphatic carbocycles. The fourth-order valence-electron chi connectivity index (χ4n) is 2.01. The summed E-state index contributed by atoms with van der Waals surface area (Å²) in [5.41, 5.74) is 0.925. The Morgan fingerprint density at radius 2 is 1.90 bits per heavy atom. The molecule has 1 rings (SSSR count). The number of nitrogens with zero attached hydrogens (tertiary/aromatic N) is 1. The van der Waals surface area contributed by atoms with E-state index in [9.17, 15) is 14.0 Å². The third-order valence-corrected chi connectivity index (χ3v) is 3.32. The van der Waals surface area contributed by atoms with Crippen LogP contribution in [0.5, 0.6) is 0 Å². The standard InChI is InChI=1S/C16H22FNO3/c1-3-4-15(19)18(11-12(2)16(20)21)10-9-13-5-7-14(17)8-6-13/h5-8,12H,3-4,9-11H2,1-2H3,(H,20,21). The molecule has 0 saturated carbocycles. The summed E-state index contributed by atoms with van der Waals surface area (Å²) in [6.45, 7) is 4.15. The lowest BCUT2D eigenvalue weighted by molar-refractivity contribution is -0.143. The van der Waals surface area contributed by atoms with Crippen molar-refractivity contribution in [2.24, 2.45) is 5.92 Å². The second-order valence-electron chi connectivity index (χ2n) is 5.21. The zero-order valence-corrected chi connectivity index (χ0v) is 12.5. The maximum absolute atomic E-state index is 12.8. The van der Waals surface area contributed by atoms with Crippen LogP contribution in [0.3, 0.4) is 0 Å². The summed E-state index contributed by atoms with van der Waals surface area (Å²) < 4.78 is 12.8. The van der Waals surface area contributed by atoms with Gasteiger partial charge in [-0.1, -0.05) is 26.0 Å². The quantitative estimate of drug-likeness (QED) is 0.802. The van der Waals surface area contributed by atoms with Crippen LogP contribution >= 0.6 is 0 Å². The molecule has 1 aromatic carbocycles. The van der Waals surface area contributed by atoms with E-state index in [2.05, 4.69) is 0 Å². The number of halogens is 1. The molecule has 0 aliphatic rings. The summed E-state index contributed by atoms with van der Waals surface area (Å²) in [4.78, 5) is 24.6. The molecule has 0 spiro atoms. The first-order chi connectivity index (χ1) is 9.93. The molecule has 21 heavy (non-hydrogen) atoms. The first kappa shape index (κ1) is 17.1. The molecule has 1 unspecified atom stereocenters. The topological polar surface area (TPSA) is 57.6 Å². The van der Waals surface area contributed by atoms with Crippen LogP contribution in [-0.4, -0.2) is 35.0 Å². The minimum absolute atomic E-state index is 0.0345. The van der Waals surface area contributed by atoms with Crippen molar-refractivity contribution in [3.05, 3.63) is 35.6 Å². The average Bonchev–Trinajstić information content (AvgIpc) is 2.44. The Hall–Kier alpha value is -1.91. The van der Waals surface area contributed by atoms with Crippen LogP contribution in [0.15, 0.2) is 24.3 Å². The molecule has 4 nitrogen and oxygen atoms in total. The van der Waals surface area contributed by atoms with Gasteiger partial charge in [0.05, 0.1) is 5.92 Å². The zero-order chi connectivity index (χ0) is 15.8. The normalized spacial score (nSPS) is 12.0. The Kier molecular flexibility index (Phi) is 6.85. The van der Waals surface area contributed by atoms with Crippen molar-refractivity contribution in [1.29, 1.82) is 0 Å². The molecule has 0 aliphatic heterocycles. The van der Waals surface area contributed by atoms with Gasteiger partial charge in [0, 0.05) is 19.5 Å². The van der Waals surface area contributed by atoms with Crippen LogP contribution in [-0.2, 0) is 16.0 Å². The van der Waals surface area contributed by atoms with Crippen LogP contribution in [0.4, 0.5) is 4.39 Å². The van der Waals surface area contributed by atoms with Crippen LogP contribution in [0.25, 0.3) is 0 Å². The molecule has 1 aromatic rings. The SMILES string of the molecule is CCCC(=O)N(CCc1ccc(F)cc1)CC(C)C(=O)O. The number of amides is 1. The number of hydrogen-bond donors (Lipinski definition) is 1. The van der Waals surface area contributed by atoms with Crippen molar-refractivity contribution in [2.45, 2.75) is 33.1 Å². The third kappa shape index (κ3) is 5.94. The molecule has 1 atom stereocenters. The molecule has 0 saturated heterocycles. The van der Waals surface area contributed by atoms with Gasteiger partial charge >= 0.3 is 5.97 Å². The molecule has 0 bridgehead atoms. The predicted octanol–water partition coefficient (Wildman–Crippen LogP) is 2.72. The number of aliphatic carboxylic acids is 1. The monoisotopic (exact) mass is 295 g/mol. The van der Waals surface area contributed by atoms with Crippen LogP contribution < -0.4 is 0 Å². The van der Waals surface area contributed by atoms with E-state index >= 15 is 0 Å². The van der Waals surface area contributed by atoms with E-state index < -0.39 is 11.9 Å². The van der Waals surface area contributed by atoms with Crippen molar-refractivity contribution in [1.82, 2.24) is 4.90 Å². The van der Waals surface area contributed by atoms with Crippen molar-refractivity contribution in [3.63, 3.8) is 0 Å². The van der Waals surface area contributed by atoms with Crippen LogP contribution in [0.2, 0.25) is 0 Å². The number of rotatable bonds is 8. The van der Waals surface area contributed by atoms with Gasteiger partial charge in [-0.05, 0) is 30.5 Å². The van der Waals surface area contributed by atoms with E-state index in [1.807, 2.05) is 6.92 Å². The highest BCUT2D eigenvalue weighted by molar-refractivity contribution is 5.77. The van der Waals surface area contributed by atoms with Crippen molar-refractivity contribution < 1.29 is 19.1 Å². The van der Waals surface area contributed by atoms with E-state index in [0.717, 1.165) is 12.0 Å². The number of carboxylic acid groups (broad SMARTS) is 1. The first-order valence-corrected chi connectivity index (χ1v) is 7.19. The summed E-state index contributed by atoms with van der Waals surface area (Å²) in [6, 6.07) is 6.12. The van der Waals surface area contributed by atoms with Crippen molar-refractivity contribution in [2.75, 3.05) is 13.1 Å². The van der Waals surface area contributed by atoms with Crippen molar-refractivity contribution in [3.8, 4) is 0 Å². The first-order valence-electron chi connectivity index (χ1n) is 7.19. The van der Waals surface area contributed by atoms with E-state index in [0.29, 0.717) is 19.4 Å². The summed E-state index contributed by atoms with van der Waals surface area (Å²) in [5, 5.41) is 8.98. The van der Waals surface area contributed by atoms with Crippen molar-refractivity contribution >= 4 is 11.9 Å². The molecule has 0 aromatic heterocycles. The molecule has 1 N–H and O–H groups in total. The van der Waals surface area contributed by atoms with Crippen LogP contribution in [0, 0.1) is 11.7 Å². The smallest absolute Gasteiger partial charge is 0.308 e. The van der Waals surface area contributed by atoms with E-state index in [4.69, 9.17) is 5.11 Å². The summed E-state index contributed by atoms with van der Waals surface area (Å²) >= 11 is 0. The lowest BCUT2D eigenvalue weighted by atomic mass is 10.1. The summed E-state index contributed by atoms with van der Waals surface area (Å²) in [7, 11) is 0. The highest BCUT2D eigenvalue weighted by atomic mass is 19.1. The Labute approximate surface area is 124 Å². The van der Waals surface area contributed by atoms with E-state index in [1.165, 1.54) is 12.1 Å². The fraction of sp³-hybridized carbons (Fsp3) is 0.500. The lowest BCUT2D eigenvalue weighted by Gasteiger charge is -2.24. The second kappa shape index (κ2) is 8.39. The molecule has 1 amide bonds. The van der Waals surface area contributed by atoms with E-state index in [-0.39, 0.29) is 18.3 Å². The largest absolute Gasteiger partial charge is 0.481 e. The number of carbonyl (C=O) groups excluding carboxylic acids is 1. The Balaban J connectivity index is 2.65. The summed E-state index contributed by atoms with van der Waals surface area (Å²) in [6.07, 6.45) is 1.73. The number of carboxylic acids is 1. The van der Waals surface area contributed by atoms with Gasteiger partial charge in [-0.25, -0.2) is 4.39 Å². The molecular formula is C16H22FNO3. The zero-order valence-electron chi connectivity index (χ0n) is 12.5. The van der Waals surface area contributed by atoms with Gasteiger partial charge in [0.25, 0.3) is 0 Å². The van der Waals surface area contributed by atoms with E-state index in [1.54, 1.807) is 24.0 Å². The van der Waals surface area contributed by atoms with Gasteiger partial charge in [0.15, 0.2) is 0 Å². The maximum atomic E-state index is 12.8. The molecule has 0 radical (unpaired) electrons. The summed E-state index contributed by atoms with van der Waals surface area (Å²) in [5.74, 6) is -1.84. The molecular weight excluding hydrogens is 273 g/mol. The van der Waals surface area contributed by atoms with Crippen LogP contribution in [0.1, 0.15) is 32.3 Å². The molecule has 0 fully saturated rings. The molecule has 5 heteroatoms. The highest BCUT2D eigenvalue weighted by Crippen LogP contribution is 2.08.